The van der Waals surface area contributed by atoms with Crippen molar-refractivity contribution >= 4 is 23.0 Å². The Labute approximate surface area is 176 Å². The normalized spacial score (nSPS) is 16.1. The van der Waals surface area contributed by atoms with Crippen LogP contribution in [0, 0.1) is 6.92 Å². The van der Waals surface area contributed by atoms with Gasteiger partial charge >= 0.3 is 0 Å². The van der Waals surface area contributed by atoms with Crippen LogP contribution in [-0.4, -0.2) is 36.8 Å². The molecule has 1 atom stereocenters. The molecule has 0 fully saturated rings. The van der Waals surface area contributed by atoms with Crippen molar-refractivity contribution in [1.82, 2.24) is 25.2 Å². The number of hydrogen-bond acceptors (Lipinski definition) is 7. The van der Waals surface area contributed by atoms with Crippen molar-refractivity contribution < 1.29 is 9.21 Å². The van der Waals surface area contributed by atoms with Gasteiger partial charge in [0.2, 0.25) is 5.82 Å². The highest BCUT2D eigenvalue weighted by Crippen LogP contribution is 2.34. The third-order valence-corrected chi connectivity index (χ3v) is 5.80. The Morgan fingerprint density at radius 1 is 1.20 bits per heavy atom. The zero-order valence-electron chi connectivity index (χ0n) is 16.2. The second-order valence-electron chi connectivity index (χ2n) is 7.01. The van der Waals surface area contributed by atoms with E-state index in [1.54, 1.807) is 17.6 Å². The zero-order chi connectivity index (χ0) is 20.5. The molecule has 5 rings (SSSR count). The highest BCUT2D eigenvalue weighted by atomic mass is 32.1. The van der Waals surface area contributed by atoms with Crippen LogP contribution in [0.25, 0.3) is 11.4 Å². The molecule has 1 unspecified atom stereocenters. The Kier molecular flexibility index (Phi) is 4.72. The van der Waals surface area contributed by atoms with Crippen LogP contribution in [0.15, 0.2) is 69.7 Å². The van der Waals surface area contributed by atoms with Crippen molar-refractivity contribution in [2.45, 2.75) is 25.9 Å². The number of hydrazone groups is 1. The summed E-state index contributed by atoms with van der Waals surface area (Å²) in [6.45, 7) is 1.96. The van der Waals surface area contributed by atoms with Gasteiger partial charge in [0.05, 0.1) is 16.9 Å². The summed E-state index contributed by atoms with van der Waals surface area (Å²) in [5.74, 6) is 0.955. The third-order valence-electron chi connectivity index (χ3n) is 4.88. The molecule has 0 saturated heterocycles. The van der Waals surface area contributed by atoms with Crippen LogP contribution in [0.1, 0.15) is 28.7 Å². The molecule has 1 aliphatic heterocycles. The van der Waals surface area contributed by atoms with Gasteiger partial charge < -0.3 is 4.42 Å². The predicted molar refractivity (Wildman–Crippen MR) is 112 cm³/mol. The maximum Gasteiger partial charge on any atom is 0.267 e. The molecular formula is C21H18N6O2S. The molecule has 8 nitrogen and oxygen atoms in total. The number of furan rings is 1. The maximum absolute atomic E-state index is 13.1. The number of thiophene rings is 1. The summed E-state index contributed by atoms with van der Waals surface area (Å²) in [5, 5.41) is 20.5. The summed E-state index contributed by atoms with van der Waals surface area (Å²) in [6.07, 6.45) is 2.20. The monoisotopic (exact) mass is 418 g/mol. The van der Waals surface area contributed by atoms with E-state index < -0.39 is 0 Å². The Hall–Kier alpha value is -3.59. The summed E-state index contributed by atoms with van der Waals surface area (Å²) >= 11 is 1.60. The number of aryl methyl sites for hydroxylation is 1. The third kappa shape index (κ3) is 3.55. The number of benzene rings is 1. The van der Waals surface area contributed by atoms with Gasteiger partial charge in [-0.25, -0.2) is 5.01 Å². The number of carbonyl (C=O) groups is 1. The minimum absolute atomic E-state index is 0.0582. The molecule has 1 aromatic carbocycles. The zero-order valence-corrected chi connectivity index (χ0v) is 17.0. The second kappa shape index (κ2) is 7.68. The van der Waals surface area contributed by atoms with Crippen molar-refractivity contribution in [3.05, 3.63) is 76.4 Å². The lowest BCUT2D eigenvalue weighted by Crippen LogP contribution is -2.31. The first kappa shape index (κ1) is 18.4. The van der Waals surface area contributed by atoms with Gasteiger partial charge in [-0.05, 0) is 35.7 Å². The lowest BCUT2D eigenvalue weighted by atomic mass is 10.1. The lowest BCUT2D eigenvalue weighted by molar-refractivity contribution is -0.134. The van der Waals surface area contributed by atoms with E-state index in [-0.39, 0.29) is 18.5 Å². The molecular weight excluding hydrogens is 400 g/mol. The first-order valence-electron chi connectivity index (χ1n) is 9.49. The number of amides is 1. The van der Waals surface area contributed by atoms with Gasteiger partial charge in [0.15, 0.2) is 0 Å². The smallest absolute Gasteiger partial charge is 0.267 e. The largest absolute Gasteiger partial charge is 0.467 e. The van der Waals surface area contributed by atoms with E-state index in [0.29, 0.717) is 18.0 Å². The predicted octanol–water partition coefficient (Wildman–Crippen LogP) is 3.68. The van der Waals surface area contributed by atoms with Crippen LogP contribution in [0.5, 0.6) is 0 Å². The first-order chi connectivity index (χ1) is 14.7. The molecule has 4 aromatic rings. The number of nitrogens with zero attached hydrogens (tertiary/aromatic N) is 6. The molecule has 4 heterocycles. The van der Waals surface area contributed by atoms with E-state index >= 15 is 0 Å². The Morgan fingerprint density at radius 2 is 2.07 bits per heavy atom. The molecule has 150 valence electrons. The van der Waals surface area contributed by atoms with Crippen LogP contribution >= 0.6 is 11.3 Å². The van der Waals surface area contributed by atoms with Crippen molar-refractivity contribution in [2.75, 3.05) is 0 Å². The Balaban J connectivity index is 1.38. The number of aromatic nitrogens is 4. The number of hydrogen-bond donors (Lipinski definition) is 0. The highest BCUT2D eigenvalue weighted by molar-refractivity contribution is 7.12. The van der Waals surface area contributed by atoms with Crippen LogP contribution in [-0.2, 0) is 11.3 Å². The van der Waals surface area contributed by atoms with Gasteiger partial charge in [-0.2, -0.15) is 9.90 Å². The van der Waals surface area contributed by atoms with Crippen LogP contribution in [0.2, 0.25) is 0 Å². The Bertz CT molecular complexity index is 1180. The summed E-state index contributed by atoms with van der Waals surface area (Å²) in [5.41, 5.74) is 2.87. The average molecular weight is 418 g/mol. The van der Waals surface area contributed by atoms with Crippen molar-refractivity contribution in [1.29, 1.82) is 0 Å². The fourth-order valence-electron chi connectivity index (χ4n) is 3.36. The average Bonchev–Trinajstić information content (AvgIpc) is 3.55. The molecule has 0 spiro atoms. The fraction of sp³-hybridized carbons (Fsp3) is 0.190. The molecule has 0 radical (unpaired) electrons. The van der Waals surface area contributed by atoms with Crippen LogP contribution in [0.4, 0.5) is 0 Å². The molecule has 0 bridgehead atoms. The molecule has 0 saturated carbocycles. The van der Waals surface area contributed by atoms with Gasteiger partial charge in [0.1, 0.15) is 18.3 Å². The second-order valence-corrected chi connectivity index (χ2v) is 7.95. The number of carbonyl (C=O) groups excluding carboxylic acids is 1. The van der Waals surface area contributed by atoms with E-state index in [4.69, 9.17) is 4.42 Å². The van der Waals surface area contributed by atoms with Gasteiger partial charge in [0.25, 0.3) is 5.91 Å². The minimum atomic E-state index is -0.287. The summed E-state index contributed by atoms with van der Waals surface area (Å²) in [4.78, 5) is 15.4. The highest BCUT2D eigenvalue weighted by Gasteiger charge is 2.35. The van der Waals surface area contributed by atoms with E-state index in [0.717, 1.165) is 21.7 Å². The van der Waals surface area contributed by atoms with Gasteiger partial charge in [0, 0.05) is 12.0 Å². The van der Waals surface area contributed by atoms with Crippen molar-refractivity contribution in [3.63, 3.8) is 0 Å². The van der Waals surface area contributed by atoms with Crippen LogP contribution < -0.4 is 0 Å². The minimum Gasteiger partial charge on any atom is -0.467 e. The van der Waals surface area contributed by atoms with Gasteiger partial charge in [-0.1, -0.05) is 35.9 Å². The van der Waals surface area contributed by atoms with Crippen molar-refractivity contribution in [3.8, 4) is 11.4 Å². The Morgan fingerprint density at radius 3 is 2.80 bits per heavy atom. The molecule has 9 heteroatoms. The molecule has 30 heavy (non-hydrogen) atoms. The molecule has 3 aromatic heterocycles. The van der Waals surface area contributed by atoms with Crippen molar-refractivity contribution in [2.24, 2.45) is 5.10 Å². The number of rotatable bonds is 5. The topological polar surface area (TPSA) is 89.4 Å². The number of tetrazole rings is 1. The van der Waals surface area contributed by atoms with Crippen LogP contribution in [0.3, 0.4) is 0 Å². The molecule has 1 amide bonds. The fourth-order valence-corrected chi connectivity index (χ4v) is 4.08. The maximum atomic E-state index is 13.1. The molecule has 0 N–H and O–H groups in total. The van der Waals surface area contributed by atoms with Gasteiger partial charge in [-0.3, -0.25) is 4.79 Å². The van der Waals surface area contributed by atoms with E-state index in [9.17, 15) is 4.79 Å². The lowest BCUT2D eigenvalue weighted by Gasteiger charge is -2.19. The standard InChI is InChI=1S/C21H18N6O2S/c1-14-6-8-15(9-7-14)21-22-25-26(24-21)13-20(28)27-17(18-4-2-10-29-18)12-16(23-27)19-5-3-11-30-19/h2-11,17H,12-13H2,1H3. The van der Waals surface area contributed by atoms with E-state index in [2.05, 4.69) is 20.5 Å². The molecule has 0 aliphatic carbocycles. The summed E-state index contributed by atoms with van der Waals surface area (Å²) in [6, 6.07) is 15.2. The molecule has 1 aliphatic rings. The van der Waals surface area contributed by atoms with Gasteiger partial charge in [-0.15, -0.1) is 21.5 Å². The van der Waals surface area contributed by atoms with E-state index in [1.165, 1.54) is 9.81 Å². The summed E-state index contributed by atoms with van der Waals surface area (Å²) in [7, 11) is 0. The SMILES string of the molecule is Cc1ccc(-c2nnn(CC(=O)N3N=C(c4cccs4)CC3c3ccco3)n2)cc1. The first-order valence-corrected chi connectivity index (χ1v) is 10.4. The quantitative estimate of drug-likeness (QED) is 0.493. The van der Waals surface area contributed by atoms with E-state index in [1.807, 2.05) is 60.8 Å². The summed E-state index contributed by atoms with van der Waals surface area (Å²) < 4.78 is 5.57.